The summed E-state index contributed by atoms with van der Waals surface area (Å²) in [6, 6.07) is 19.6. The maximum absolute atomic E-state index is 14.2. The van der Waals surface area contributed by atoms with Crippen LogP contribution in [0.15, 0.2) is 66.7 Å². The summed E-state index contributed by atoms with van der Waals surface area (Å²) in [6.45, 7) is 9.27. The van der Waals surface area contributed by atoms with Crippen molar-refractivity contribution in [2.45, 2.75) is 46.3 Å². The van der Waals surface area contributed by atoms with Crippen LogP contribution in [0.5, 0.6) is 11.5 Å². The van der Waals surface area contributed by atoms with Crippen molar-refractivity contribution in [2.24, 2.45) is 0 Å². The molecule has 0 radical (unpaired) electrons. The monoisotopic (exact) mass is 605 g/mol. The number of aryl methyl sites for hydroxylation is 2. The second kappa shape index (κ2) is 11.7. The zero-order valence-electron chi connectivity index (χ0n) is 25.6. The van der Waals surface area contributed by atoms with Crippen molar-refractivity contribution in [2.75, 3.05) is 13.2 Å². The third-order valence-electron chi connectivity index (χ3n) is 7.39. The molecule has 0 saturated carbocycles. The molecule has 3 heterocycles. The number of carbonyl (C=O) groups is 1. The van der Waals surface area contributed by atoms with E-state index < -0.39 is 23.5 Å². The number of hydrogen-bond acceptors (Lipinski definition) is 6. The Balaban J connectivity index is 1.64. The molecule has 5 aromatic rings. The van der Waals surface area contributed by atoms with E-state index in [1.807, 2.05) is 76.2 Å². The highest BCUT2D eigenvalue weighted by Gasteiger charge is 2.33. The van der Waals surface area contributed by atoms with Crippen LogP contribution < -0.4 is 9.47 Å². The number of halogens is 1. The molecule has 0 saturated heterocycles. The van der Waals surface area contributed by atoms with Gasteiger partial charge in [0.05, 0.1) is 17.0 Å². The van der Waals surface area contributed by atoms with Gasteiger partial charge in [-0.3, -0.25) is 0 Å². The van der Waals surface area contributed by atoms with E-state index in [0.29, 0.717) is 50.9 Å². The Bertz CT molecular complexity index is 2020. The summed E-state index contributed by atoms with van der Waals surface area (Å²) in [7, 11) is 0. The lowest BCUT2D eigenvalue weighted by atomic mass is 9.98. The molecule has 1 aliphatic rings. The average molecular weight is 606 g/mol. The molecule has 6 rings (SSSR count). The Kier molecular flexibility index (Phi) is 7.77. The van der Waals surface area contributed by atoms with Gasteiger partial charge in [-0.25, -0.2) is 18.7 Å². The maximum Gasteiger partial charge on any atom is 0.337 e. The zero-order valence-corrected chi connectivity index (χ0v) is 25.6. The van der Waals surface area contributed by atoms with Gasteiger partial charge in [0, 0.05) is 40.1 Å². The van der Waals surface area contributed by atoms with E-state index in [1.54, 1.807) is 17.5 Å². The number of ether oxygens (including phenoxy) is 3. The van der Waals surface area contributed by atoms with Crippen molar-refractivity contribution in [1.29, 1.82) is 0 Å². The molecule has 1 aliphatic heterocycles. The number of carboxylic acids is 1. The summed E-state index contributed by atoms with van der Waals surface area (Å²) < 4.78 is 34.0. The number of fused-ring (bicyclic) bond motifs is 9. The van der Waals surface area contributed by atoms with Gasteiger partial charge in [-0.05, 0) is 70.0 Å². The van der Waals surface area contributed by atoms with Gasteiger partial charge in [-0.1, -0.05) is 42.2 Å². The fourth-order valence-electron chi connectivity index (χ4n) is 5.38. The second-order valence-electron chi connectivity index (χ2n) is 11.8. The summed E-state index contributed by atoms with van der Waals surface area (Å²) in [5.74, 6) is 5.29. The van der Waals surface area contributed by atoms with Gasteiger partial charge < -0.3 is 19.3 Å². The Morgan fingerprint density at radius 3 is 2.42 bits per heavy atom. The molecular formula is C36H32FN3O5. The Morgan fingerprint density at radius 1 is 0.956 bits per heavy atom. The largest absolute Gasteiger partial charge is 0.481 e. The van der Waals surface area contributed by atoms with E-state index in [0.717, 1.165) is 16.7 Å². The highest BCUT2D eigenvalue weighted by Crippen LogP contribution is 2.39. The third-order valence-corrected chi connectivity index (χ3v) is 7.39. The minimum absolute atomic E-state index is 0.0451. The lowest BCUT2D eigenvalue weighted by molar-refractivity contribution is -0.160. The molecule has 45 heavy (non-hydrogen) atoms. The normalized spacial score (nSPS) is 13.5. The first-order valence-corrected chi connectivity index (χ1v) is 14.5. The highest BCUT2D eigenvalue weighted by molar-refractivity contribution is 5.82. The molecule has 228 valence electrons. The molecule has 9 heteroatoms. The van der Waals surface area contributed by atoms with Crippen LogP contribution in [-0.2, 0) is 9.53 Å². The summed E-state index contributed by atoms with van der Waals surface area (Å²) in [5, 5.41) is 15.4. The van der Waals surface area contributed by atoms with Crippen molar-refractivity contribution in [3.8, 4) is 57.0 Å². The van der Waals surface area contributed by atoms with E-state index in [4.69, 9.17) is 24.3 Å². The average Bonchev–Trinajstić information content (AvgIpc) is 3.41. The van der Waals surface area contributed by atoms with Crippen molar-refractivity contribution in [3.63, 3.8) is 0 Å². The number of aromatic nitrogens is 3. The van der Waals surface area contributed by atoms with Gasteiger partial charge >= 0.3 is 5.97 Å². The number of hydrogen-bond donors (Lipinski definition) is 1. The smallest absolute Gasteiger partial charge is 0.337 e. The number of carboxylic acid groups (broad SMARTS) is 1. The number of benzene rings is 3. The molecule has 0 fully saturated rings. The molecule has 1 N–H and O–H groups in total. The third kappa shape index (κ3) is 6.10. The van der Waals surface area contributed by atoms with Gasteiger partial charge in [0.2, 0.25) is 0 Å². The number of rotatable bonds is 3. The minimum atomic E-state index is -1.32. The molecule has 3 aromatic carbocycles. The van der Waals surface area contributed by atoms with Crippen LogP contribution in [0, 0.1) is 31.5 Å². The standard InChI is InChI=1S/C36H32FN3O5/c1-21-11-12-25-18-29(21)43-15-6-7-16-44-30-19-26(37)13-14-27(30)23-9-8-10-24(17-23)28-20-31-38-22(2)32(33(25)40(31)39-28)34(35(41)42)45-36(3,4)5/h8-14,17-20,34H,15-16H2,1-5H3,(H,41,42). The molecule has 1 unspecified atom stereocenters. The predicted molar refractivity (Wildman–Crippen MR) is 169 cm³/mol. The predicted octanol–water partition coefficient (Wildman–Crippen LogP) is 7.20. The van der Waals surface area contributed by atoms with E-state index in [1.165, 1.54) is 12.1 Å². The van der Waals surface area contributed by atoms with Gasteiger partial charge in [0.1, 0.15) is 30.5 Å². The molecule has 1 atom stereocenters. The maximum atomic E-state index is 14.2. The van der Waals surface area contributed by atoms with Crippen molar-refractivity contribution >= 4 is 11.6 Å². The van der Waals surface area contributed by atoms with Crippen LogP contribution in [0.1, 0.15) is 43.7 Å². The van der Waals surface area contributed by atoms with Gasteiger partial charge in [0.25, 0.3) is 0 Å². The van der Waals surface area contributed by atoms with Gasteiger partial charge in [-0.15, -0.1) is 0 Å². The van der Waals surface area contributed by atoms with E-state index in [9.17, 15) is 14.3 Å². The molecule has 0 spiro atoms. The molecule has 0 aliphatic carbocycles. The second-order valence-corrected chi connectivity index (χ2v) is 11.8. The molecule has 6 bridgehead atoms. The van der Waals surface area contributed by atoms with Crippen LogP contribution in [-0.4, -0.2) is 44.5 Å². The first-order chi connectivity index (χ1) is 21.5. The number of aliphatic carboxylic acids is 1. The lowest BCUT2D eigenvalue weighted by Gasteiger charge is -2.27. The Morgan fingerprint density at radius 2 is 1.69 bits per heavy atom. The molecule has 0 amide bonds. The summed E-state index contributed by atoms with van der Waals surface area (Å²) >= 11 is 0. The summed E-state index contributed by atoms with van der Waals surface area (Å²) in [6.07, 6.45) is -1.32. The van der Waals surface area contributed by atoms with Crippen molar-refractivity contribution in [1.82, 2.24) is 14.6 Å². The molecular weight excluding hydrogens is 573 g/mol. The quantitative estimate of drug-likeness (QED) is 0.217. The summed E-state index contributed by atoms with van der Waals surface area (Å²) in [4.78, 5) is 17.5. The van der Waals surface area contributed by atoms with Crippen molar-refractivity contribution in [3.05, 3.63) is 89.4 Å². The van der Waals surface area contributed by atoms with E-state index in [2.05, 4.69) is 11.8 Å². The van der Waals surface area contributed by atoms with Crippen LogP contribution in [0.2, 0.25) is 0 Å². The van der Waals surface area contributed by atoms with Crippen LogP contribution in [0.4, 0.5) is 4.39 Å². The van der Waals surface area contributed by atoms with Gasteiger partial charge in [-0.2, -0.15) is 5.10 Å². The SMILES string of the molecule is Cc1ccc2cc1OCC#CCOc1cc(F)ccc1-c1cccc(c1)-c1cc3nc(C)c(C(OC(C)(C)C)C(=O)O)c-2n3n1. The van der Waals surface area contributed by atoms with E-state index >= 15 is 0 Å². The minimum Gasteiger partial charge on any atom is -0.481 e. The Labute approximate surface area is 260 Å². The topological polar surface area (TPSA) is 95.2 Å². The zero-order chi connectivity index (χ0) is 31.9. The van der Waals surface area contributed by atoms with Crippen LogP contribution >= 0.6 is 0 Å². The Hall–Kier alpha value is -5.20. The molecule has 8 nitrogen and oxygen atoms in total. The summed E-state index contributed by atoms with van der Waals surface area (Å²) in [5.41, 5.74) is 5.66. The van der Waals surface area contributed by atoms with Gasteiger partial charge in [0.15, 0.2) is 11.8 Å². The lowest BCUT2D eigenvalue weighted by Crippen LogP contribution is -2.29. The highest BCUT2D eigenvalue weighted by atomic mass is 19.1. The number of nitrogens with zero attached hydrogens (tertiary/aromatic N) is 3. The molecule has 2 aromatic heterocycles. The first-order valence-electron chi connectivity index (χ1n) is 14.5. The van der Waals surface area contributed by atoms with Crippen molar-refractivity contribution < 1.29 is 28.5 Å². The fraction of sp³-hybridized carbons (Fsp3) is 0.250. The van der Waals surface area contributed by atoms with E-state index in [-0.39, 0.29) is 13.2 Å². The van der Waals surface area contributed by atoms with Crippen LogP contribution in [0.3, 0.4) is 0 Å². The fourth-order valence-corrected chi connectivity index (χ4v) is 5.38. The first kappa shape index (κ1) is 29.9. The van der Waals surface area contributed by atoms with Crippen LogP contribution in [0.25, 0.3) is 39.3 Å².